The summed E-state index contributed by atoms with van der Waals surface area (Å²) in [7, 11) is 0. The van der Waals surface area contributed by atoms with E-state index in [4.69, 9.17) is 13.9 Å². The molecule has 0 amide bonds. The van der Waals surface area contributed by atoms with Gasteiger partial charge in [0.1, 0.15) is 23.5 Å². The van der Waals surface area contributed by atoms with Gasteiger partial charge in [-0.1, -0.05) is 6.58 Å². The first-order valence-electron chi connectivity index (χ1n) is 7.79. The van der Waals surface area contributed by atoms with Crippen LogP contribution in [-0.4, -0.2) is 18.2 Å². The van der Waals surface area contributed by atoms with Gasteiger partial charge in [-0.25, -0.2) is 9.59 Å². The SMILES string of the molecule is C=C1CC(C)(COc2ccc3c(C)c(C)c(=O)oc3c2C)OC1=O. The number of hydrogen-bond donors (Lipinski definition) is 0. The van der Waals surface area contributed by atoms with Crippen molar-refractivity contribution in [2.45, 2.75) is 39.7 Å². The van der Waals surface area contributed by atoms with E-state index < -0.39 is 5.60 Å². The summed E-state index contributed by atoms with van der Waals surface area (Å²) in [6.07, 6.45) is 0.436. The highest BCUT2D eigenvalue weighted by molar-refractivity contribution is 5.90. The summed E-state index contributed by atoms with van der Waals surface area (Å²) in [6, 6.07) is 3.73. The molecule has 0 saturated carbocycles. The van der Waals surface area contributed by atoms with Crippen molar-refractivity contribution in [2.75, 3.05) is 6.61 Å². The highest BCUT2D eigenvalue weighted by Crippen LogP contribution is 2.33. The first-order valence-corrected chi connectivity index (χ1v) is 7.79. The molecule has 1 fully saturated rings. The van der Waals surface area contributed by atoms with Gasteiger partial charge in [0.25, 0.3) is 0 Å². The lowest BCUT2D eigenvalue weighted by atomic mass is 10.0. The maximum Gasteiger partial charge on any atom is 0.339 e. The fourth-order valence-electron chi connectivity index (χ4n) is 2.95. The average molecular weight is 328 g/mol. The van der Waals surface area contributed by atoms with Gasteiger partial charge in [0.05, 0.1) is 0 Å². The predicted octanol–water partition coefficient (Wildman–Crippen LogP) is 3.36. The van der Waals surface area contributed by atoms with E-state index >= 15 is 0 Å². The average Bonchev–Trinajstić information content (AvgIpc) is 2.78. The lowest BCUT2D eigenvalue weighted by Gasteiger charge is -2.23. The molecule has 3 rings (SSSR count). The minimum absolute atomic E-state index is 0.208. The zero-order chi connectivity index (χ0) is 17.6. The molecule has 126 valence electrons. The fourth-order valence-corrected chi connectivity index (χ4v) is 2.95. The number of rotatable bonds is 3. The maximum atomic E-state index is 11.9. The summed E-state index contributed by atoms with van der Waals surface area (Å²) >= 11 is 0. The van der Waals surface area contributed by atoms with Crippen LogP contribution >= 0.6 is 0 Å². The van der Waals surface area contributed by atoms with E-state index in [9.17, 15) is 9.59 Å². The van der Waals surface area contributed by atoms with Crippen LogP contribution in [-0.2, 0) is 9.53 Å². The predicted molar refractivity (Wildman–Crippen MR) is 90.4 cm³/mol. The van der Waals surface area contributed by atoms with Crippen LogP contribution < -0.4 is 10.4 Å². The number of fused-ring (bicyclic) bond motifs is 1. The molecule has 5 heteroatoms. The molecule has 0 aliphatic carbocycles. The minimum Gasteiger partial charge on any atom is -0.489 e. The summed E-state index contributed by atoms with van der Waals surface area (Å²) in [5.74, 6) is 0.220. The van der Waals surface area contributed by atoms with Crippen LogP contribution in [0.15, 0.2) is 33.5 Å². The topological polar surface area (TPSA) is 65.7 Å². The van der Waals surface area contributed by atoms with Crippen molar-refractivity contribution in [1.82, 2.24) is 0 Å². The Hall–Kier alpha value is -2.56. The van der Waals surface area contributed by atoms with Gasteiger partial charge in [-0.3, -0.25) is 0 Å². The van der Waals surface area contributed by atoms with Gasteiger partial charge >= 0.3 is 11.6 Å². The second-order valence-electron chi connectivity index (χ2n) is 6.61. The van der Waals surface area contributed by atoms with E-state index in [1.807, 2.05) is 32.9 Å². The number of cyclic esters (lactones) is 1. The molecule has 1 atom stereocenters. The molecule has 0 N–H and O–H groups in total. The molecule has 1 aromatic heterocycles. The monoisotopic (exact) mass is 328 g/mol. The summed E-state index contributed by atoms with van der Waals surface area (Å²) in [4.78, 5) is 23.5. The molecular formula is C19H20O5. The Bertz CT molecular complexity index is 903. The molecule has 1 aromatic carbocycles. The third-order valence-corrected chi connectivity index (χ3v) is 4.57. The van der Waals surface area contributed by atoms with Gasteiger partial charge < -0.3 is 13.9 Å². The number of carbonyl (C=O) groups excluding carboxylic acids is 1. The lowest BCUT2D eigenvalue weighted by molar-refractivity contribution is -0.147. The normalized spacial score (nSPS) is 20.5. The van der Waals surface area contributed by atoms with E-state index in [-0.39, 0.29) is 18.2 Å². The van der Waals surface area contributed by atoms with E-state index in [1.54, 1.807) is 6.92 Å². The standard InChI is InChI=1S/C19H20O5/c1-10-8-19(5,24-17(10)20)9-22-15-7-6-14-11(2)12(3)18(21)23-16(14)13(15)4/h6-7H,1,8-9H2,2-5H3. The second kappa shape index (κ2) is 5.51. The summed E-state index contributed by atoms with van der Waals surface area (Å²) in [5, 5.41) is 0.892. The zero-order valence-corrected chi connectivity index (χ0v) is 14.3. The van der Waals surface area contributed by atoms with Crippen LogP contribution in [0.2, 0.25) is 0 Å². The van der Waals surface area contributed by atoms with Crippen molar-refractivity contribution in [3.8, 4) is 5.75 Å². The minimum atomic E-state index is -0.723. The molecule has 1 aliphatic heterocycles. The summed E-state index contributed by atoms with van der Waals surface area (Å²) in [6.45, 7) is 11.2. The number of benzene rings is 1. The molecule has 0 bridgehead atoms. The Morgan fingerprint density at radius 1 is 1.17 bits per heavy atom. The van der Waals surface area contributed by atoms with Crippen molar-refractivity contribution in [3.05, 3.63) is 51.4 Å². The molecule has 5 nitrogen and oxygen atoms in total. The number of ether oxygens (including phenoxy) is 2. The van der Waals surface area contributed by atoms with Gasteiger partial charge in [-0.2, -0.15) is 0 Å². The number of hydrogen-bond acceptors (Lipinski definition) is 5. The third-order valence-electron chi connectivity index (χ3n) is 4.57. The van der Waals surface area contributed by atoms with E-state index in [2.05, 4.69) is 6.58 Å². The molecule has 0 radical (unpaired) electrons. The summed E-state index contributed by atoms with van der Waals surface area (Å²) < 4.78 is 16.6. The molecule has 1 aliphatic rings. The van der Waals surface area contributed by atoms with Gasteiger partial charge in [-0.15, -0.1) is 0 Å². The first kappa shape index (κ1) is 16.3. The highest BCUT2D eigenvalue weighted by Gasteiger charge is 2.39. The molecule has 1 saturated heterocycles. The fraction of sp³-hybridized carbons (Fsp3) is 0.368. The number of carbonyl (C=O) groups is 1. The molecule has 1 unspecified atom stereocenters. The lowest BCUT2D eigenvalue weighted by Crippen LogP contribution is -2.32. The Kier molecular flexibility index (Phi) is 3.74. The quantitative estimate of drug-likeness (QED) is 0.491. The highest BCUT2D eigenvalue weighted by atomic mass is 16.6. The van der Waals surface area contributed by atoms with E-state index in [0.717, 1.165) is 16.5 Å². The van der Waals surface area contributed by atoms with E-state index in [1.165, 1.54) is 0 Å². The van der Waals surface area contributed by atoms with Crippen LogP contribution in [0.5, 0.6) is 5.75 Å². The van der Waals surface area contributed by atoms with Crippen molar-refractivity contribution in [2.24, 2.45) is 0 Å². The Morgan fingerprint density at radius 3 is 2.50 bits per heavy atom. The van der Waals surface area contributed by atoms with Crippen molar-refractivity contribution >= 4 is 16.9 Å². The molecule has 0 spiro atoms. The maximum absolute atomic E-state index is 11.9. The number of esters is 1. The zero-order valence-electron chi connectivity index (χ0n) is 14.3. The van der Waals surface area contributed by atoms with Gasteiger partial charge in [-0.05, 0) is 45.4 Å². The van der Waals surface area contributed by atoms with E-state index in [0.29, 0.717) is 28.9 Å². The Labute approximate surface area is 139 Å². The first-order chi connectivity index (χ1) is 11.2. The molecule has 24 heavy (non-hydrogen) atoms. The Morgan fingerprint density at radius 2 is 1.88 bits per heavy atom. The Balaban J connectivity index is 1.93. The second-order valence-corrected chi connectivity index (χ2v) is 6.61. The largest absolute Gasteiger partial charge is 0.489 e. The molecule has 2 aromatic rings. The van der Waals surface area contributed by atoms with Crippen molar-refractivity contribution in [3.63, 3.8) is 0 Å². The van der Waals surface area contributed by atoms with Crippen LogP contribution in [0.4, 0.5) is 0 Å². The molecule has 2 heterocycles. The van der Waals surface area contributed by atoms with Gasteiger partial charge in [0.15, 0.2) is 0 Å². The van der Waals surface area contributed by atoms with Crippen LogP contribution in [0.3, 0.4) is 0 Å². The van der Waals surface area contributed by atoms with Gasteiger partial charge in [0.2, 0.25) is 0 Å². The van der Waals surface area contributed by atoms with Crippen molar-refractivity contribution < 1.29 is 18.7 Å². The summed E-state index contributed by atoms with van der Waals surface area (Å²) in [5.41, 5.74) is 2.18. The van der Waals surface area contributed by atoms with Crippen LogP contribution in [0.25, 0.3) is 11.0 Å². The van der Waals surface area contributed by atoms with Crippen LogP contribution in [0.1, 0.15) is 30.0 Å². The third kappa shape index (κ3) is 2.60. The van der Waals surface area contributed by atoms with Gasteiger partial charge in [0, 0.05) is 28.5 Å². The van der Waals surface area contributed by atoms with Crippen molar-refractivity contribution in [1.29, 1.82) is 0 Å². The van der Waals surface area contributed by atoms with Crippen LogP contribution in [0, 0.1) is 20.8 Å². The molecular weight excluding hydrogens is 308 g/mol. The number of aryl methyl sites for hydroxylation is 2. The smallest absolute Gasteiger partial charge is 0.339 e.